The maximum absolute atomic E-state index is 11.6. The first-order chi connectivity index (χ1) is 7.47. The molecule has 4 heteroatoms. The molecule has 0 spiro atoms. The number of dihydropyridines is 1. The normalized spacial score (nSPS) is 15.4. The fourth-order valence-corrected chi connectivity index (χ4v) is 1.48. The molecular formula is C12H15NO3. The van der Waals surface area contributed by atoms with Crippen LogP contribution in [0.25, 0.3) is 0 Å². The number of carbonyl (C=O) groups is 2. The molecule has 16 heavy (non-hydrogen) atoms. The van der Waals surface area contributed by atoms with Gasteiger partial charge in [0.15, 0.2) is 5.78 Å². The van der Waals surface area contributed by atoms with E-state index in [4.69, 9.17) is 4.74 Å². The second-order valence-electron chi connectivity index (χ2n) is 3.48. The molecule has 0 aromatic heterocycles. The number of nitrogens with one attached hydrogen (secondary N) is 1. The van der Waals surface area contributed by atoms with Gasteiger partial charge in [0.05, 0.1) is 17.9 Å². The van der Waals surface area contributed by atoms with Gasteiger partial charge in [-0.1, -0.05) is 6.58 Å². The SMILES string of the molecule is C=C1C=C(C(=O)OCC)C(C)=C(C(C)=O)N1. The molecule has 0 saturated heterocycles. The molecule has 1 rings (SSSR count). The fourth-order valence-electron chi connectivity index (χ4n) is 1.48. The van der Waals surface area contributed by atoms with Crippen molar-refractivity contribution in [3.63, 3.8) is 0 Å². The van der Waals surface area contributed by atoms with Crippen LogP contribution < -0.4 is 5.32 Å². The first-order valence-corrected chi connectivity index (χ1v) is 5.04. The Morgan fingerprint density at radius 3 is 2.62 bits per heavy atom. The van der Waals surface area contributed by atoms with E-state index in [9.17, 15) is 9.59 Å². The topological polar surface area (TPSA) is 55.4 Å². The molecule has 0 bridgehead atoms. The summed E-state index contributed by atoms with van der Waals surface area (Å²) >= 11 is 0. The van der Waals surface area contributed by atoms with E-state index in [1.54, 1.807) is 19.9 Å². The van der Waals surface area contributed by atoms with Crippen LogP contribution in [0.2, 0.25) is 0 Å². The summed E-state index contributed by atoms with van der Waals surface area (Å²) in [6.45, 7) is 8.88. The van der Waals surface area contributed by atoms with Crippen molar-refractivity contribution >= 4 is 11.8 Å². The first-order valence-electron chi connectivity index (χ1n) is 5.04. The maximum Gasteiger partial charge on any atom is 0.338 e. The minimum absolute atomic E-state index is 0.131. The third kappa shape index (κ3) is 2.39. The van der Waals surface area contributed by atoms with Crippen molar-refractivity contribution in [3.05, 3.63) is 35.2 Å². The number of ketones is 1. The van der Waals surface area contributed by atoms with Gasteiger partial charge in [-0.2, -0.15) is 0 Å². The molecule has 4 nitrogen and oxygen atoms in total. The highest BCUT2D eigenvalue weighted by molar-refractivity contribution is 6.01. The molecular weight excluding hydrogens is 206 g/mol. The lowest BCUT2D eigenvalue weighted by Gasteiger charge is -2.19. The van der Waals surface area contributed by atoms with Gasteiger partial charge in [0.1, 0.15) is 0 Å². The van der Waals surface area contributed by atoms with E-state index < -0.39 is 5.97 Å². The predicted octanol–water partition coefficient (Wildman–Crippen LogP) is 1.46. The van der Waals surface area contributed by atoms with Crippen molar-refractivity contribution in [3.8, 4) is 0 Å². The number of carbonyl (C=O) groups excluding carboxylic acids is 2. The van der Waals surface area contributed by atoms with Crippen molar-refractivity contribution < 1.29 is 14.3 Å². The van der Waals surface area contributed by atoms with Gasteiger partial charge in [-0.05, 0) is 25.5 Å². The Labute approximate surface area is 94.7 Å². The largest absolute Gasteiger partial charge is 0.462 e. The molecule has 0 fully saturated rings. The summed E-state index contributed by atoms with van der Waals surface area (Å²) < 4.78 is 4.91. The highest BCUT2D eigenvalue weighted by Gasteiger charge is 2.22. The van der Waals surface area contributed by atoms with Gasteiger partial charge in [-0.15, -0.1) is 0 Å². The van der Waals surface area contributed by atoms with Crippen LogP contribution in [-0.2, 0) is 14.3 Å². The number of allylic oxidation sites excluding steroid dienone is 2. The zero-order chi connectivity index (χ0) is 12.3. The van der Waals surface area contributed by atoms with Gasteiger partial charge in [0.2, 0.25) is 0 Å². The zero-order valence-electron chi connectivity index (χ0n) is 9.72. The number of rotatable bonds is 3. The van der Waals surface area contributed by atoms with Crippen LogP contribution >= 0.6 is 0 Å². The van der Waals surface area contributed by atoms with Gasteiger partial charge in [0.25, 0.3) is 0 Å². The molecule has 86 valence electrons. The Morgan fingerprint density at radius 2 is 2.12 bits per heavy atom. The first kappa shape index (κ1) is 12.2. The molecule has 1 aliphatic heterocycles. The van der Waals surface area contributed by atoms with E-state index in [2.05, 4.69) is 11.9 Å². The standard InChI is InChI=1S/C12H15NO3/c1-5-16-12(15)10-6-7(2)13-11(8(10)3)9(4)14/h6,13H,2,5H2,1,3-4H3. The van der Waals surface area contributed by atoms with E-state index >= 15 is 0 Å². The Morgan fingerprint density at radius 1 is 1.50 bits per heavy atom. The Kier molecular flexibility index (Phi) is 3.66. The molecule has 0 atom stereocenters. The van der Waals surface area contributed by atoms with Gasteiger partial charge in [0, 0.05) is 12.6 Å². The summed E-state index contributed by atoms with van der Waals surface area (Å²) in [4.78, 5) is 23.0. The van der Waals surface area contributed by atoms with Crippen molar-refractivity contribution in [2.24, 2.45) is 0 Å². The summed E-state index contributed by atoms with van der Waals surface area (Å²) in [5, 5.41) is 2.84. The average molecular weight is 221 g/mol. The number of Topliss-reactive ketones (excluding diaryl/α,β-unsaturated/α-hetero) is 1. The second-order valence-corrected chi connectivity index (χ2v) is 3.48. The lowest BCUT2D eigenvalue weighted by atomic mass is 9.99. The van der Waals surface area contributed by atoms with E-state index in [1.807, 2.05) is 0 Å². The Bertz CT molecular complexity index is 416. The third-order valence-electron chi connectivity index (χ3n) is 2.23. The van der Waals surface area contributed by atoms with Crippen LogP contribution in [0, 0.1) is 0 Å². The van der Waals surface area contributed by atoms with E-state index in [0.29, 0.717) is 29.1 Å². The Balaban J connectivity index is 3.12. The quantitative estimate of drug-likeness (QED) is 0.733. The minimum atomic E-state index is -0.429. The molecule has 0 radical (unpaired) electrons. The molecule has 0 aromatic rings. The van der Waals surface area contributed by atoms with Gasteiger partial charge in [-0.3, -0.25) is 4.79 Å². The van der Waals surface area contributed by atoms with Crippen molar-refractivity contribution in [1.82, 2.24) is 5.32 Å². The third-order valence-corrected chi connectivity index (χ3v) is 2.23. The smallest absolute Gasteiger partial charge is 0.338 e. The summed E-state index contributed by atoms with van der Waals surface area (Å²) in [7, 11) is 0. The molecule has 0 amide bonds. The summed E-state index contributed by atoms with van der Waals surface area (Å²) in [5.74, 6) is -0.560. The van der Waals surface area contributed by atoms with Crippen LogP contribution in [0.5, 0.6) is 0 Å². The van der Waals surface area contributed by atoms with E-state index in [0.717, 1.165) is 0 Å². The van der Waals surface area contributed by atoms with Crippen molar-refractivity contribution in [2.75, 3.05) is 6.61 Å². The average Bonchev–Trinajstić information content (AvgIpc) is 2.20. The molecule has 0 saturated carbocycles. The molecule has 0 unspecified atom stereocenters. The lowest BCUT2D eigenvalue weighted by Crippen LogP contribution is -2.25. The van der Waals surface area contributed by atoms with Crippen LogP contribution in [-0.4, -0.2) is 18.4 Å². The Hall–Kier alpha value is -1.84. The van der Waals surface area contributed by atoms with Crippen LogP contribution in [0.3, 0.4) is 0 Å². The summed E-state index contributed by atoms with van der Waals surface area (Å²) in [5.41, 5.74) is 1.89. The molecule has 1 N–H and O–H groups in total. The summed E-state index contributed by atoms with van der Waals surface area (Å²) in [6.07, 6.45) is 1.58. The van der Waals surface area contributed by atoms with Crippen LogP contribution in [0.1, 0.15) is 20.8 Å². The molecule has 1 aliphatic rings. The van der Waals surface area contributed by atoms with Crippen LogP contribution in [0.15, 0.2) is 35.2 Å². The number of esters is 1. The minimum Gasteiger partial charge on any atom is -0.462 e. The molecule has 1 heterocycles. The van der Waals surface area contributed by atoms with E-state index in [-0.39, 0.29) is 5.78 Å². The number of ether oxygens (including phenoxy) is 1. The highest BCUT2D eigenvalue weighted by atomic mass is 16.5. The highest BCUT2D eigenvalue weighted by Crippen LogP contribution is 2.21. The molecule has 0 aromatic carbocycles. The number of hydrogen-bond acceptors (Lipinski definition) is 4. The van der Waals surface area contributed by atoms with Crippen molar-refractivity contribution in [1.29, 1.82) is 0 Å². The fraction of sp³-hybridized carbons (Fsp3) is 0.333. The van der Waals surface area contributed by atoms with E-state index in [1.165, 1.54) is 6.92 Å². The van der Waals surface area contributed by atoms with Gasteiger partial charge < -0.3 is 10.1 Å². The number of hydrogen-bond donors (Lipinski definition) is 1. The van der Waals surface area contributed by atoms with Crippen LogP contribution in [0.4, 0.5) is 0 Å². The summed E-state index contributed by atoms with van der Waals surface area (Å²) in [6, 6.07) is 0. The predicted molar refractivity (Wildman–Crippen MR) is 60.4 cm³/mol. The maximum atomic E-state index is 11.6. The van der Waals surface area contributed by atoms with Gasteiger partial charge in [-0.25, -0.2) is 4.79 Å². The van der Waals surface area contributed by atoms with Crippen molar-refractivity contribution in [2.45, 2.75) is 20.8 Å². The van der Waals surface area contributed by atoms with Gasteiger partial charge >= 0.3 is 5.97 Å². The molecule has 0 aliphatic carbocycles. The monoisotopic (exact) mass is 221 g/mol. The zero-order valence-corrected chi connectivity index (χ0v) is 9.72. The lowest BCUT2D eigenvalue weighted by molar-refractivity contribution is -0.138. The second kappa shape index (κ2) is 4.79.